The summed E-state index contributed by atoms with van der Waals surface area (Å²) in [5.41, 5.74) is 11.9. The number of rotatable bonds is 6. The Kier molecular flexibility index (Phi) is 6.73. The zero-order chi connectivity index (χ0) is 14.5. The van der Waals surface area contributed by atoms with E-state index in [1.54, 1.807) is 6.07 Å². The fourth-order valence-electron chi connectivity index (χ4n) is 1.82. The second-order valence-corrected chi connectivity index (χ2v) is 4.92. The molecule has 1 aliphatic carbocycles. The average molecular weight is 404 g/mol. The van der Waals surface area contributed by atoms with Crippen molar-refractivity contribution in [3.63, 3.8) is 0 Å². The van der Waals surface area contributed by atoms with Gasteiger partial charge in [0.25, 0.3) is 5.91 Å². The van der Waals surface area contributed by atoms with Gasteiger partial charge < -0.3 is 21.1 Å². The Morgan fingerprint density at radius 1 is 1.43 bits per heavy atom. The number of nitrogens with zero attached hydrogens (tertiary/aromatic N) is 2. The summed E-state index contributed by atoms with van der Waals surface area (Å²) in [6.45, 7) is 0.357. The highest BCUT2D eigenvalue weighted by atomic mass is 127. The van der Waals surface area contributed by atoms with Crippen LogP contribution < -0.4 is 16.2 Å². The number of halogens is 1. The van der Waals surface area contributed by atoms with Gasteiger partial charge in [-0.15, -0.1) is 24.0 Å². The second-order valence-electron chi connectivity index (χ2n) is 4.92. The van der Waals surface area contributed by atoms with Crippen molar-refractivity contribution in [3.05, 3.63) is 29.8 Å². The van der Waals surface area contributed by atoms with Gasteiger partial charge in [-0.1, -0.05) is 12.1 Å². The third kappa shape index (κ3) is 5.78. The number of hydrogen-bond donors (Lipinski definition) is 2. The molecular weight excluding hydrogens is 383 g/mol. The summed E-state index contributed by atoms with van der Waals surface area (Å²) in [6, 6.07) is 7.93. The molecule has 0 saturated heterocycles. The normalized spacial score (nSPS) is 14.2. The number of aliphatic imine (C=N–C) groups is 1. The quantitative estimate of drug-likeness (QED) is 0.422. The summed E-state index contributed by atoms with van der Waals surface area (Å²) in [7, 11) is 1.96. The predicted molar refractivity (Wildman–Crippen MR) is 92.7 cm³/mol. The first-order valence-corrected chi connectivity index (χ1v) is 6.59. The third-order valence-corrected chi connectivity index (χ3v) is 3.16. The van der Waals surface area contributed by atoms with Crippen LogP contribution in [0.5, 0.6) is 5.75 Å². The number of amides is 1. The molecule has 1 aliphatic rings. The Bertz CT molecular complexity index is 517. The zero-order valence-electron chi connectivity index (χ0n) is 12.0. The maximum atomic E-state index is 10.7. The Balaban J connectivity index is 0.00000220. The standard InChI is InChI=1S/C14H20N4O2.HI/c1-18(11-5-6-11)14(16)17-8-10-3-2-4-12(7-10)20-9-13(15)19;/h2-4,7,11H,5-6,8-9H2,1H3,(H2,15,19)(H2,16,17);1H. The Morgan fingerprint density at radius 2 is 2.14 bits per heavy atom. The summed E-state index contributed by atoms with van der Waals surface area (Å²) in [5.74, 6) is 0.658. The lowest BCUT2D eigenvalue weighted by Crippen LogP contribution is -2.35. The van der Waals surface area contributed by atoms with Crippen molar-refractivity contribution < 1.29 is 9.53 Å². The number of ether oxygens (including phenoxy) is 1. The molecule has 1 aromatic rings. The van der Waals surface area contributed by atoms with E-state index < -0.39 is 5.91 Å². The van der Waals surface area contributed by atoms with E-state index in [4.69, 9.17) is 16.2 Å². The van der Waals surface area contributed by atoms with Gasteiger partial charge in [0.15, 0.2) is 12.6 Å². The van der Waals surface area contributed by atoms with Crippen molar-refractivity contribution in [1.82, 2.24) is 4.90 Å². The van der Waals surface area contributed by atoms with E-state index in [0.29, 0.717) is 24.3 Å². The molecule has 0 bridgehead atoms. The molecule has 6 nitrogen and oxygen atoms in total. The van der Waals surface area contributed by atoms with Crippen molar-refractivity contribution >= 4 is 35.8 Å². The molecule has 2 rings (SSSR count). The van der Waals surface area contributed by atoms with E-state index in [9.17, 15) is 4.79 Å². The molecule has 0 aliphatic heterocycles. The van der Waals surface area contributed by atoms with E-state index in [1.165, 1.54) is 12.8 Å². The number of guanidine groups is 1. The van der Waals surface area contributed by atoms with Crippen LogP contribution in [-0.4, -0.2) is 36.5 Å². The summed E-state index contributed by atoms with van der Waals surface area (Å²) < 4.78 is 5.25. The van der Waals surface area contributed by atoms with Crippen LogP contribution in [0.15, 0.2) is 29.3 Å². The maximum absolute atomic E-state index is 10.7. The lowest BCUT2D eigenvalue weighted by molar-refractivity contribution is -0.119. The van der Waals surface area contributed by atoms with E-state index in [-0.39, 0.29) is 30.6 Å². The van der Waals surface area contributed by atoms with Gasteiger partial charge in [0.1, 0.15) is 5.75 Å². The van der Waals surface area contributed by atoms with E-state index in [0.717, 1.165) is 5.56 Å². The lowest BCUT2D eigenvalue weighted by Gasteiger charge is -2.16. The van der Waals surface area contributed by atoms with Crippen molar-refractivity contribution in [2.45, 2.75) is 25.4 Å². The van der Waals surface area contributed by atoms with Crippen LogP contribution >= 0.6 is 24.0 Å². The highest BCUT2D eigenvalue weighted by molar-refractivity contribution is 14.0. The fraction of sp³-hybridized carbons (Fsp3) is 0.429. The average Bonchev–Trinajstić information content (AvgIpc) is 3.26. The van der Waals surface area contributed by atoms with Gasteiger partial charge in [-0.2, -0.15) is 0 Å². The van der Waals surface area contributed by atoms with E-state index >= 15 is 0 Å². The van der Waals surface area contributed by atoms with Crippen LogP contribution in [0, 0.1) is 0 Å². The molecule has 0 aromatic heterocycles. The van der Waals surface area contributed by atoms with Crippen LogP contribution in [0.3, 0.4) is 0 Å². The molecule has 1 saturated carbocycles. The van der Waals surface area contributed by atoms with Gasteiger partial charge in [-0.05, 0) is 30.5 Å². The van der Waals surface area contributed by atoms with Crippen LogP contribution in [0.2, 0.25) is 0 Å². The van der Waals surface area contributed by atoms with Gasteiger partial charge in [0, 0.05) is 13.1 Å². The second kappa shape index (κ2) is 8.06. The molecule has 1 amide bonds. The number of benzene rings is 1. The van der Waals surface area contributed by atoms with Crippen LogP contribution in [0.25, 0.3) is 0 Å². The molecule has 4 N–H and O–H groups in total. The molecule has 116 valence electrons. The molecule has 1 fully saturated rings. The summed E-state index contributed by atoms with van der Waals surface area (Å²) in [5, 5.41) is 0. The monoisotopic (exact) mass is 404 g/mol. The summed E-state index contributed by atoms with van der Waals surface area (Å²) in [6.07, 6.45) is 2.37. The topological polar surface area (TPSA) is 93.9 Å². The van der Waals surface area contributed by atoms with Gasteiger partial charge in [-0.3, -0.25) is 4.79 Å². The molecule has 0 atom stereocenters. The highest BCUT2D eigenvalue weighted by Crippen LogP contribution is 2.25. The Hall–Kier alpha value is -1.51. The van der Waals surface area contributed by atoms with Crippen LogP contribution in [0.1, 0.15) is 18.4 Å². The molecule has 0 heterocycles. The number of nitrogens with two attached hydrogens (primary N) is 2. The first kappa shape index (κ1) is 17.5. The summed E-state index contributed by atoms with van der Waals surface area (Å²) in [4.78, 5) is 17.0. The largest absolute Gasteiger partial charge is 0.484 e. The Morgan fingerprint density at radius 3 is 2.76 bits per heavy atom. The minimum atomic E-state index is -0.497. The summed E-state index contributed by atoms with van der Waals surface area (Å²) >= 11 is 0. The van der Waals surface area contributed by atoms with Gasteiger partial charge in [-0.25, -0.2) is 4.99 Å². The van der Waals surface area contributed by atoms with Crippen molar-refractivity contribution in [2.24, 2.45) is 16.5 Å². The fourth-order valence-corrected chi connectivity index (χ4v) is 1.82. The van der Waals surface area contributed by atoms with Crippen molar-refractivity contribution in [1.29, 1.82) is 0 Å². The van der Waals surface area contributed by atoms with Gasteiger partial charge >= 0.3 is 0 Å². The molecule has 0 radical (unpaired) electrons. The molecule has 0 spiro atoms. The predicted octanol–water partition coefficient (Wildman–Crippen LogP) is 1.08. The molecular formula is C14H21IN4O2. The molecule has 1 aromatic carbocycles. The maximum Gasteiger partial charge on any atom is 0.255 e. The third-order valence-electron chi connectivity index (χ3n) is 3.16. The SMILES string of the molecule is CN(C(N)=NCc1cccc(OCC(N)=O)c1)C1CC1.I. The zero-order valence-corrected chi connectivity index (χ0v) is 14.3. The highest BCUT2D eigenvalue weighted by Gasteiger charge is 2.27. The number of primary amides is 1. The number of hydrogen-bond acceptors (Lipinski definition) is 3. The van der Waals surface area contributed by atoms with E-state index in [2.05, 4.69) is 4.99 Å². The number of carbonyl (C=O) groups is 1. The smallest absolute Gasteiger partial charge is 0.255 e. The minimum absolute atomic E-state index is 0. The van der Waals surface area contributed by atoms with Gasteiger partial charge in [0.05, 0.1) is 6.54 Å². The molecule has 0 unspecified atom stereocenters. The molecule has 7 heteroatoms. The van der Waals surface area contributed by atoms with Gasteiger partial charge in [0.2, 0.25) is 0 Å². The van der Waals surface area contributed by atoms with Crippen molar-refractivity contribution in [2.75, 3.05) is 13.7 Å². The van der Waals surface area contributed by atoms with Crippen LogP contribution in [0.4, 0.5) is 0 Å². The van der Waals surface area contributed by atoms with Crippen molar-refractivity contribution in [3.8, 4) is 5.75 Å². The first-order valence-electron chi connectivity index (χ1n) is 6.59. The van der Waals surface area contributed by atoms with E-state index in [1.807, 2.05) is 30.1 Å². The first-order chi connectivity index (χ1) is 9.56. The van der Waals surface area contributed by atoms with Crippen LogP contribution in [-0.2, 0) is 11.3 Å². The number of carbonyl (C=O) groups excluding carboxylic acids is 1. The lowest BCUT2D eigenvalue weighted by atomic mass is 10.2. The minimum Gasteiger partial charge on any atom is -0.484 e. The molecule has 21 heavy (non-hydrogen) atoms. The Labute approximate surface area is 141 Å².